The number of rotatable bonds is 4. The van der Waals surface area contributed by atoms with Gasteiger partial charge >= 0.3 is 0 Å². The summed E-state index contributed by atoms with van der Waals surface area (Å²) < 4.78 is 5.13. The summed E-state index contributed by atoms with van der Waals surface area (Å²) in [6, 6.07) is 0. The Labute approximate surface area is 65.0 Å². The maximum absolute atomic E-state index is 5.13. The van der Waals surface area contributed by atoms with E-state index in [1.165, 1.54) is 0 Å². The van der Waals surface area contributed by atoms with Crippen molar-refractivity contribution in [3.8, 4) is 0 Å². The summed E-state index contributed by atoms with van der Waals surface area (Å²) in [5, 5.41) is 2.75. The van der Waals surface area contributed by atoms with Gasteiger partial charge in [0.15, 0.2) is 0 Å². The molecule has 0 unspecified atom stereocenters. The van der Waals surface area contributed by atoms with Gasteiger partial charge < -0.3 is 10.1 Å². The van der Waals surface area contributed by atoms with Crippen molar-refractivity contribution < 1.29 is 4.74 Å². The monoisotopic (exact) mass is 147 g/mol. The van der Waals surface area contributed by atoms with E-state index in [2.05, 4.69) is 19.2 Å². The molecule has 10 heavy (non-hydrogen) atoms. The minimum absolute atomic E-state index is 0.924. The van der Waals surface area contributed by atoms with Crippen LogP contribution in [0.2, 0.25) is 0 Å². The van der Waals surface area contributed by atoms with Crippen LogP contribution in [0, 0.1) is 0 Å². The van der Waals surface area contributed by atoms with Crippen molar-refractivity contribution in [1.29, 1.82) is 0 Å². The number of ether oxygens (including phenoxy) is 1. The van der Waals surface area contributed by atoms with E-state index in [0.29, 0.717) is 0 Å². The van der Waals surface area contributed by atoms with Crippen LogP contribution in [0.15, 0.2) is 0 Å². The van der Waals surface area contributed by atoms with Crippen molar-refractivity contribution in [2.45, 2.75) is 26.7 Å². The van der Waals surface area contributed by atoms with Gasteiger partial charge in [-0.2, -0.15) is 0 Å². The molecule has 1 N–H and O–H groups in total. The van der Waals surface area contributed by atoms with Crippen molar-refractivity contribution >= 4 is 0 Å². The molecule has 0 bridgehead atoms. The maximum Gasteiger partial charge on any atom is 0.0463 e. The summed E-state index contributed by atoms with van der Waals surface area (Å²) in [6.07, 6.45) is 2.28. The lowest BCUT2D eigenvalue weighted by Crippen LogP contribution is -1.92. The van der Waals surface area contributed by atoms with E-state index in [9.17, 15) is 0 Å². The first kappa shape index (κ1) is 12.6. The van der Waals surface area contributed by atoms with Crippen LogP contribution >= 0.6 is 0 Å². The Hall–Kier alpha value is -0.0800. The van der Waals surface area contributed by atoms with Gasteiger partial charge in [0.2, 0.25) is 0 Å². The minimum atomic E-state index is 0.924. The van der Waals surface area contributed by atoms with Gasteiger partial charge in [-0.15, -0.1) is 0 Å². The molecule has 0 saturated carbocycles. The van der Waals surface area contributed by atoms with E-state index in [4.69, 9.17) is 4.74 Å². The van der Waals surface area contributed by atoms with Crippen LogP contribution in [-0.4, -0.2) is 27.3 Å². The summed E-state index contributed by atoms with van der Waals surface area (Å²) in [5.74, 6) is 0. The van der Waals surface area contributed by atoms with E-state index in [1.807, 2.05) is 14.1 Å². The molecular weight excluding hydrogens is 126 g/mol. The fourth-order valence-electron chi connectivity index (χ4n) is 0.391. The Kier molecular flexibility index (Phi) is 20.1. The zero-order valence-corrected chi connectivity index (χ0v) is 7.74. The van der Waals surface area contributed by atoms with Crippen molar-refractivity contribution in [3.63, 3.8) is 0 Å². The predicted octanol–water partition coefficient (Wildman–Crippen LogP) is 1.66. The molecular formula is C8H21NO. The normalized spacial score (nSPS) is 8.40. The maximum atomic E-state index is 5.13. The Morgan fingerprint density at radius 2 is 1.30 bits per heavy atom. The van der Waals surface area contributed by atoms with Crippen LogP contribution in [0.4, 0.5) is 0 Å². The highest BCUT2D eigenvalue weighted by Gasteiger charge is 1.77. The second-order valence-corrected chi connectivity index (χ2v) is 2.11. The van der Waals surface area contributed by atoms with Gasteiger partial charge in [-0.25, -0.2) is 0 Å². The van der Waals surface area contributed by atoms with Crippen LogP contribution in [0.25, 0.3) is 0 Å². The summed E-state index contributed by atoms with van der Waals surface area (Å²) in [4.78, 5) is 0. The molecule has 0 fully saturated rings. The van der Waals surface area contributed by atoms with Gasteiger partial charge in [0.05, 0.1) is 0 Å². The zero-order chi connectivity index (χ0) is 8.24. The third kappa shape index (κ3) is 24.7. The highest BCUT2D eigenvalue weighted by molar-refractivity contribution is 4.25. The topological polar surface area (TPSA) is 21.3 Å². The van der Waals surface area contributed by atoms with Crippen molar-refractivity contribution in [3.05, 3.63) is 0 Å². The molecule has 0 rings (SSSR count). The molecule has 2 nitrogen and oxygen atoms in total. The minimum Gasteiger partial charge on any atom is -0.381 e. The highest BCUT2D eigenvalue weighted by Crippen LogP contribution is 1.81. The first-order valence-electron chi connectivity index (χ1n) is 3.99. The van der Waals surface area contributed by atoms with Crippen molar-refractivity contribution in [2.24, 2.45) is 0 Å². The number of hydrogen-bond donors (Lipinski definition) is 1. The molecule has 64 valence electrons. The Morgan fingerprint density at radius 3 is 1.50 bits per heavy atom. The predicted molar refractivity (Wildman–Crippen MR) is 46.4 cm³/mol. The molecule has 2 heteroatoms. The van der Waals surface area contributed by atoms with E-state index >= 15 is 0 Å². The lowest BCUT2D eigenvalue weighted by atomic mass is 10.5. The van der Waals surface area contributed by atoms with E-state index in [1.54, 1.807) is 0 Å². The fourth-order valence-corrected chi connectivity index (χ4v) is 0.391. The first-order valence-corrected chi connectivity index (χ1v) is 3.99. The van der Waals surface area contributed by atoms with Crippen molar-refractivity contribution in [2.75, 3.05) is 27.3 Å². The van der Waals surface area contributed by atoms with Gasteiger partial charge in [-0.05, 0) is 26.9 Å². The summed E-state index contributed by atoms with van der Waals surface area (Å²) in [7, 11) is 3.75. The molecule has 0 aliphatic carbocycles. The van der Waals surface area contributed by atoms with Crippen molar-refractivity contribution in [1.82, 2.24) is 5.32 Å². The first-order chi connectivity index (χ1) is 4.83. The van der Waals surface area contributed by atoms with Crippen LogP contribution in [-0.2, 0) is 4.74 Å². The highest BCUT2D eigenvalue weighted by atomic mass is 16.5. The van der Waals surface area contributed by atoms with Gasteiger partial charge in [0.1, 0.15) is 0 Å². The second-order valence-electron chi connectivity index (χ2n) is 2.11. The Balaban J connectivity index is 0. The van der Waals surface area contributed by atoms with Crippen LogP contribution in [0.1, 0.15) is 26.7 Å². The smallest absolute Gasteiger partial charge is 0.0463 e. The zero-order valence-electron chi connectivity index (χ0n) is 7.74. The van der Waals surface area contributed by atoms with Gasteiger partial charge in [-0.1, -0.05) is 13.8 Å². The summed E-state index contributed by atoms with van der Waals surface area (Å²) in [5.41, 5.74) is 0. The van der Waals surface area contributed by atoms with E-state index in [0.717, 1.165) is 26.1 Å². The molecule has 0 amide bonds. The largest absolute Gasteiger partial charge is 0.381 e. The number of hydrogen-bond acceptors (Lipinski definition) is 2. The van der Waals surface area contributed by atoms with Crippen LogP contribution < -0.4 is 5.32 Å². The molecule has 0 spiro atoms. The molecule has 0 aromatic heterocycles. The van der Waals surface area contributed by atoms with Gasteiger partial charge in [0.25, 0.3) is 0 Å². The van der Waals surface area contributed by atoms with E-state index in [-0.39, 0.29) is 0 Å². The average molecular weight is 147 g/mol. The SMILES string of the molecule is CCCOCCC.CNC. The Morgan fingerprint density at radius 1 is 1.00 bits per heavy atom. The molecule has 0 heterocycles. The quantitative estimate of drug-likeness (QED) is 0.611. The fraction of sp³-hybridized carbons (Fsp3) is 1.00. The molecule has 0 radical (unpaired) electrons. The van der Waals surface area contributed by atoms with Crippen LogP contribution in [0.5, 0.6) is 0 Å². The third-order valence-corrected chi connectivity index (χ3v) is 0.697. The second kappa shape index (κ2) is 16.0. The van der Waals surface area contributed by atoms with Gasteiger partial charge in [0, 0.05) is 13.2 Å². The van der Waals surface area contributed by atoms with E-state index < -0.39 is 0 Å². The molecule has 0 aliphatic rings. The molecule has 0 atom stereocenters. The summed E-state index contributed by atoms with van der Waals surface area (Å²) in [6.45, 7) is 6.09. The summed E-state index contributed by atoms with van der Waals surface area (Å²) >= 11 is 0. The van der Waals surface area contributed by atoms with Crippen LogP contribution in [0.3, 0.4) is 0 Å². The lowest BCUT2D eigenvalue weighted by molar-refractivity contribution is 0.135. The van der Waals surface area contributed by atoms with Gasteiger partial charge in [-0.3, -0.25) is 0 Å². The average Bonchev–Trinajstić information content (AvgIpc) is 1.91. The lowest BCUT2D eigenvalue weighted by Gasteiger charge is -1.95. The standard InChI is InChI=1S/C6H14O.C2H7N/c1-3-5-7-6-4-2;1-3-2/h3-6H2,1-2H3;3H,1-2H3. The molecule has 0 aromatic rings. The molecule has 0 saturated heterocycles. The number of nitrogens with one attached hydrogen (secondary N) is 1. The Bertz CT molecular complexity index is 36.2. The third-order valence-electron chi connectivity index (χ3n) is 0.697. The molecule has 0 aromatic carbocycles. The molecule has 0 aliphatic heterocycles.